The van der Waals surface area contributed by atoms with Gasteiger partial charge in [-0.05, 0) is 36.6 Å². The summed E-state index contributed by atoms with van der Waals surface area (Å²) in [5.41, 5.74) is 6.74. The van der Waals surface area contributed by atoms with E-state index in [1.807, 2.05) is 25.2 Å². The molecule has 2 heterocycles. The number of aromatic nitrogens is 2. The Morgan fingerprint density at radius 1 is 0.920 bits per heavy atom. The molecule has 2 aromatic carbocycles. The lowest BCUT2D eigenvalue weighted by atomic mass is 9.87. The fourth-order valence-corrected chi connectivity index (χ4v) is 3.57. The normalized spacial score (nSPS) is 14.0. The quantitative estimate of drug-likeness (QED) is 0.776. The summed E-state index contributed by atoms with van der Waals surface area (Å²) < 4.78 is 11.0. The van der Waals surface area contributed by atoms with Crippen LogP contribution in [0.2, 0.25) is 0 Å². The molecule has 0 spiro atoms. The number of ether oxygens (including phenoxy) is 2. The molecule has 5 heteroatoms. The first-order valence-corrected chi connectivity index (χ1v) is 8.40. The van der Waals surface area contributed by atoms with Crippen molar-refractivity contribution in [3.63, 3.8) is 0 Å². The van der Waals surface area contributed by atoms with Crippen molar-refractivity contribution in [2.45, 2.75) is 12.8 Å². The minimum absolute atomic E-state index is 0.274. The second-order valence-corrected chi connectivity index (χ2v) is 6.20. The van der Waals surface area contributed by atoms with Crippen molar-refractivity contribution in [2.75, 3.05) is 19.2 Å². The third-order valence-electron chi connectivity index (χ3n) is 4.79. The van der Waals surface area contributed by atoms with Gasteiger partial charge in [-0.1, -0.05) is 24.3 Å². The zero-order chi connectivity index (χ0) is 16.8. The van der Waals surface area contributed by atoms with Crippen LogP contribution < -0.4 is 14.8 Å². The number of hydrogen-bond donors (Lipinski definition) is 1. The molecule has 0 unspecified atom stereocenters. The highest BCUT2D eigenvalue weighted by atomic mass is 16.7. The number of nitrogens with one attached hydrogen (secondary N) is 1. The smallest absolute Gasteiger partial charge is 0.231 e. The fraction of sp³-hybridized carbons (Fsp3) is 0.200. The van der Waals surface area contributed by atoms with Crippen molar-refractivity contribution in [2.24, 2.45) is 0 Å². The molecular weight excluding hydrogens is 314 g/mol. The molecule has 0 amide bonds. The molecule has 0 saturated heterocycles. The Morgan fingerprint density at radius 2 is 1.76 bits per heavy atom. The van der Waals surface area contributed by atoms with Gasteiger partial charge < -0.3 is 14.8 Å². The lowest BCUT2D eigenvalue weighted by Crippen LogP contribution is -2.11. The summed E-state index contributed by atoms with van der Waals surface area (Å²) in [5, 5.41) is 3.09. The number of benzene rings is 2. The Hall–Kier alpha value is -3.08. The van der Waals surface area contributed by atoms with E-state index in [0.29, 0.717) is 5.95 Å². The predicted octanol–water partition coefficient (Wildman–Crippen LogP) is 3.68. The largest absolute Gasteiger partial charge is 0.454 e. The van der Waals surface area contributed by atoms with E-state index < -0.39 is 0 Å². The van der Waals surface area contributed by atoms with Gasteiger partial charge in [0, 0.05) is 23.7 Å². The van der Waals surface area contributed by atoms with E-state index in [4.69, 9.17) is 19.4 Å². The van der Waals surface area contributed by atoms with Gasteiger partial charge in [-0.2, -0.15) is 0 Å². The lowest BCUT2D eigenvalue weighted by Gasteiger charge is -2.22. The number of rotatable bonds is 2. The summed E-state index contributed by atoms with van der Waals surface area (Å²) in [6, 6.07) is 14.5. The van der Waals surface area contributed by atoms with Crippen molar-refractivity contribution >= 4 is 5.95 Å². The molecule has 0 saturated carbocycles. The molecule has 1 aromatic heterocycles. The van der Waals surface area contributed by atoms with Crippen molar-refractivity contribution in [3.05, 3.63) is 53.6 Å². The summed E-state index contributed by atoms with van der Waals surface area (Å²) in [6.45, 7) is 0.274. The van der Waals surface area contributed by atoms with Gasteiger partial charge in [0.25, 0.3) is 0 Å². The second kappa shape index (κ2) is 5.48. The van der Waals surface area contributed by atoms with Crippen LogP contribution in [0.3, 0.4) is 0 Å². The molecule has 5 rings (SSSR count). The molecule has 1 N–H and O–H groups in total. The molecule has 0 bridgehead atoms. The van der Waals surface area contributed by atoms with Crippen LogP contribution in [0.5, 0.6) is 11.5 Å². The molecular formula is C20H17N3O2. The maximum absolute atomic E-state index is 5.54. The highest BCUT2D eigenvalue weighted by molar-refractivity contribution is 5.79. The topological polar surface area (TPSA) is 56.3 Å². The van der Waals surface area contributed by atoms with Crippen molar-refractivity contribution in [3.8, 4) is 34.0 Å². The predicted molar refractivity (Wildman–Crippen MR) is 96.0 cm³/mol. The van der Waals surface area contributed by atoms with E-state index in [2.05, 4.69) is 29.6 Å². The molecule has 3 aromatic rings. The highest BCUT2D eigenvalue weighted by Crippen LogP contribution is 2.40. The molecule has 124 valence electrons. The maximum atomic E-state index is 5.54. The Labute approximate surface area is 145 Å². The molecule has 0 fully saturated rings. The van der Waals surface area contributed by atoms with Gasteiger partial charge in [0.2, 0.25) is 12.7 Å². The average molecular weight is 331 g/mol. The Bertz CT molecular complexity index is 985. The number of hydrogen-bond acceptors (Lipinski definition) is 5. The first kappa shape index (κ1) is 14.3. The van der Waals surface area contributed by atoms with Crippen LogP contribution in [0, 0.1) is 0 Å². The number of fused-ring (bicyclic) bond motifs is 4. The van der Waals surface area contributed by atoms with Crippen molar-refractivity contribution in [1.29, 1.82) is 0 Å². The van der Waals surface area contributed by atoms with Crippen molar-refractivity contribution in [1.82, 2.24) is 9.97 Å². The first-order chi connectivity index (χ1) is 12.3. The molecule has 2 aliphatic rings. The first-order valence-electron chi connectivity index (χ1n) is 8.40. The molecule has 25 heavy (non-hydrogen) atoms. The molecule has 1 aliphatic carbocycles. The third kappa shape index (κ3) is 2.23. The van der Waals surface area contributed by atoms with Gasteiger partial charge >= 0.3 is 0 Å². The van der Waals surface area contributed by atoms with Crippen LogP contribution in [0.4, 0.5) is 5.95 Å². The van der Waals surface area contributed by atoms with Crippen LogP contribution >= 0.6 is 0 Å². The van der Waals surface area contributed by atoms with Gasteiger partial charge in [0.1, 0.15) is 0 Å². The molecule has 1 aliphatic heterocycles. The zero-order valence-corrected chi connectivity index (χ0v) is 13.9. The number of nitrogens with zero attached hydrogens (tertiary/aromatic N) is 2. The summed E-state index contributed by atoms with van der Waals surface area (Å²) in [4.78, 5) is 9.51. The standard InChI is InChI=1S/C20H17N3O2/c1-21-20-22-18(13-7-9-16-17(10-13)25-11-24-16)15-8-6-12-4-2-3-5-14(12)19(15)23-20/h2-5,7,9-10H,6,8,11H2,1H3,(H,21,22,23). The average Bonchev–Trinajstić information content (AvgIpc) is 3.14. The molecule has 0 radical (unpaired) electrons. The van der Waals surface area contributed by atoms with Crippen LogP contribution in [0.1, 0.15) is 11.1 Å². The monoisotopic (exact) mass is 331 g/mol. The maximum Gasteiger partial charge on any atom is 0.231 e. The lowest BCUT2D eigenvalue weighted by molar-refractivity contribution is 0.174. The fourth-order valence-electron chi connectivity index (χ4n) is 3.57. The molecule has 0 atom stereocenters. The third-order valence-corrected chi connectivity index (χ3v) is 4.79. The molecule has 5 nitrogen and oxygen atoms in total. The zero-order valence-electron chi connectivity index (χ0n) is 13.9. The summed E-state index contributed by atoms with van der Waals surface area (Å²) in [7, 11) is 1.85. The van der Waals surface area contributed by atoms with E-state index in [1.54, 1.807) is 0 Å². The Balaban J connectivity index is 1.74. The van der Waals surface area contributed by atoms with Gasteiger partial charge in [0.15, 0.2) is 11.5 Å². The van der Waals surface area contributed by atoms with Crippen LogP contribution in [0.25, 0.3) is 22.5 Å². The van der Waals surface area contributed by atoms with Gasteiger partial charge in [-0.15, -0.1) is 0 Å². The summed E-state index contributed by atoms with van der Waals surface area (Å²) in [5.74, 6) is 2.18. The summed E-state index contributed by atoms with van der Waals surface area (Å²) >= 11 is 0. The SMILES string of the molecule is CNc1nc(-c2ccc3c(c2)OCO3)c2c(n1)-c1ccccc1CC2. The second-order valence-electron chi connectivity index (χ2n) is 6.20. The number of anilines is 1. The van der Waals surface area contributed by atoms with Crippen molar-refractivity contribution < 1.29 is 9.47 Å². The Morgan fingerprint density at radius 3 is 2.68 bits per heavy atom. The van der Waals surface area contributed by atoms with Gasteiger partial charge in [0.05, 0.1) is 11.4 Å². The van der Waals surface area contributed by atoms with Gasteiger partial charge in [-0.25, -0.2) is 9.97 Å². The summed E-state index contributed by atoms with van der Waals surface area (Å²) in [6.07, 6.45) is 1.93. The van der Waals surface area contributed by atoms with Crippen LogP contribution in [-0.4, -0.2) is 23.8 Å². The minimum atomic E-state index is 0.274. The van der Waals surface area contributed by atoms with Gasteiger partial charge in [-0.3, -0.25) is 0 Å². The van der Waals surface area contributed by atoms with E-state index >= 15 is 0 Å². The highest BCUT2D eigenvalue weighted by Gasteiger charge is 2.24. The minimum Gasteiger partial charge on any atom is -0.454 e. The van der Waals surface area contributed by atoms with E-state index in [9.17, 15) is 0 Å². The van der Waals surface area contributed by atoms with Crippen LogP contribution in [0.15, 0.2) is 42.5 Å². The Kier molecular flexibility index (Phi) is 3.13. The van der Waals surface area contributed by atoms with E-state index in [0.717, 1.165) is 41.3 Å². The van der Waals surface area contributed by atoms with Crippen LogP contribution in [-0.2, 0) is 12.8 Å². The van der Waals surface area contributed by atoms with E-state index in [1.165, 1.54) is 16.7 Å². The van der Waals surface area contributed by atoms with E-state index in [-0.39, 0.29) is 6.79 Å². The number of aryl methyl sites for hydroxylation is 1.